The number of hydrogen-bond donors (Lipinski definition) is 1. The lowest BCUT2D eigenvalue weighted by Gasteiger charge is -2.37. The first kappa shape index (κ1) is 13.4. The van der Waals surface area contributed by atoms with Crippen molar-refractivity contribution in [3.8, 4) is 5.75 Å². The van der Waals surface area contributed by atoms with Gasteiger partial charge in [0.15, 0.2) is 0 Å². The number of nitrogens with zero attached hydrogens (tertiary/aromatic N) is 1. The molecular formula is C14H18N2O3. The molecule has 1 aromatic carbocycles. The van der Waals surface area contributed by atoms with Crippen LogP contribution in [0.15, 0.2) is 30.3 Å². The van der Waals surface area contributed by atoms with Crippen LogP contribution in [0.3, 0.4) is 0 Å². The second-order valence-electron chi connectivity index (χ2n) is 5.06. The molecule has 1 aliphatic heterocycles. The van der Waals surface area contributed by atoms with Crippen LogP contribution in [-0.2, 0) is 9.59 Å². The van der Waals surface area contributed by atoms with Crippen molar-refractivity contribution in [1.82, 2.24) is 10.2 Å². The fourth-order valence-corrected chi connectivity index (χ4v) is 2.05. The van der Waals surface area contributed by atoms with Crippen LogP contribution in [0.2, 0.25) is 0 Å². The molecule has 0 radical (unpaired) electrons. The van der Waals surface area contributed by atoms with Crippen molar-refractivity contribution in [2.24, 2.45) is 0 Å². The van der Waals surface area contributed by atoms with Crippen LogP contribution >= 0.6 is 0 Å². The molecule has 0 atom stereocenters. The number of rotatable bonds is 4. The van der Waals surface area contributed by atoms with Gasteiger partial charge in [-0.15, -0.1) is 0 Å². The Morgan fingerprint density at radius 1 is 1.26 bits per heavy atom. The minimum atomic E-state index is -0.831. The molecule has 2 amide bonds. The molecule has 0 saturated carbocycles. The zero-order chi connectivity index (χ0) is 13.9. The molecule has 0 aliphatic carbocycles. The Hall–Kier alpha value is -2.04. The Morgan fingerprint density at radius 2 is 1.95 bits per heavy atom. The molecule has 1 aliphatic rings. The largest absolute Gasteiger partial charge is 0.492 e. The van der Waals surface area contributed by atoms with Gasteiger partial charge in [0.05, 0.1) is 13.1 Å². The number of para-hydroxylation sites is 1. The molecule has 0 aromatic heterocycles. The summed E-state index contributed by atoms with van der Waals surface area (Å²) in [5.74, 6) is 0.545. The minimum absolute atomic E-state index is 0.0799. The molecule has 5 nitrogen and oxygen atoms in total. The van der Waals surface area contributed by atoms with Crippen LogP contribution in [0.4, 0.5) is 0 Å². The third-order valence-electron chi connectivity index (χ3n) is 2.98. The molecule has 0 spiro atoms. The normalized spacial score (nSPS) is 18.1. The maximum absolute atomic E-state index is 12.1. The lowest BCUT2D eigenvalue weighted by atomic mass is 10.0. The molecule has 1 N–H and O–H groups in total. The number of amides is 2. The van der Waals surface area contributed by atoms with E-state index in [1.165, 1.54) is 4.90 Å². The van der Waals surface area contributed by atoms with E-state index in [0.717, 1.165) is 5.75 Å². The molecule has 2 rings (SSSR count). The Balaban J connectivity index is 1.88. The van der Waals surface area contributed by atoms with Gasteiger partial charge in [0.25, 0.3) is 0 Å². The van der Waals surface area contributed by atoms with E-state index in [2.05, 4.69) is 5.32 Å². The van der Waals surface area contributed by atoms with Gasteiger partial charge in [0, 0.05) is 0 Å². The highest BCUT2D eigenvalue weighted by molar-refractivity contribution is 5.97. The number of carbonyl (C=O) groups is 2. The van der Waals surface area contributed by atoms with Gasteiger partial charge in [-0.1, -0.05) is 18.2 Å². The standard InChI is InChI=1S/C14H18N2O3/c1-14(2)13(18)16(10-12(17)15-14)8-9-19-11-6-4-3-5-7-11/h3-7H,8-10H2,1-2H3,(H,15,17). The van der Waals surface area contributed by atoms with Gasteiger partial charge in [-0.2, -0.15) is 0 Å². The third-order valence-corrected chi connectivity index (χ3v) is 2.98. The van der Waals surface area contributed by atoms with Crippen molar-refractivity contribution in [2.75, 3.05) is 19.7 Å². The number of hydrogen-bond acceptors (Lipinski definition) is 3. The smallest absolute Gasteiger partial charge is 0.248 e. The van der Waals surface area contributed by atoms with Gasteiger partial charge in [-0.25, -0.2) is 0 Å². The molecular weight excluding hydrogens is 244 g/mol. The SMILES string of the molecule is CC1(C)NC(=O)CN(CCOc2ccccc2)C1=O. The lowest BCUT2D eigenvalue weighted by molar-refractivity contribution is -0.148. The van der Waals surface area contributed by atoms with Crippen molar-refractivity contribution in [3.05, 3.63) is 30.3 Å². The molecule has 1 fully saturated rings. The van der Waals surface area contributed by atoms with Crippen LogP contribution in [-0.4, -0.2) is 41.9 Å². The zero-order valence-electron chi connectivity index (χ0n) is 11.2. The fraction of sp³-hybridized carbons (Fsp3) is 0.429. The first-order chi connectivity index (χ1) is 8.99. The molecule has 5 heteroatoms. The Bertz CT molecular complexity index is 471. The number of carbonyl (C=O) groups excluding carboxylic acids is 2. The first-order valence-electron chi connectivity index (χ1n) is 6.27. The Labute approximate surface area is 112 Å². The maximum atomic E-state index is 12.1. The van der Waals surface area contributed by atoms with Crippen molar-refractivity contribution in [1.29, 1.82) is 0 Å². The maximum Gasteiger partial charge on any atom is 0.248 e. The summed E-state index contributed by atoms with van der Waals surface area (Å²) in [4.78, 5) is 25.1. The number of piperazine rings is 1. The molecule has 0 unspecified atom stereocenters. The minimum Gasteiger partial charge on any atom is -0.492 e. The van der Waals surface area contributed by atoms with Crippen LogP contribution in [0, 0.1) is 0 Å². The van der Waals surface area contributed by atoms with Crippen molar-refractivity contribution in [2.45, 2.75) is 19.4 Å². The predicted molar refractivity (Wildman–Crippen MR) is 70.7 cm³/mol. The van der Waals surface area contributed by atoms with E-state index in [4.69, 9.17) is 4.74 Å². The van der Waals surface area contributed by atoms with Crippen LogP contribution in [0.25, 0.3) is 0 Å². The highest BCUT2D eigenvalue weighted by atomic mass is 16.5. The highest BCUT2D eigenvalue weighted by Crippen LogP contribution is 2.13. The average Bonchev–Trinajstić information content (AvgIpc) is 2.36. The number of benzene rings is 1. The van der Waals surface area contributed by atoms with Gasteiger partial charge in [0.2, 0.25) is 11.8 Å². The van der Waals surface area contributed by atoms with E-state index in [9.17, 15) is 9.59 Å². The molecule has 0 bridgehead atoms. The average molecular weight is 262 g/mol. The van der Waals surface area contributed by atoms with E-state index >= 15 is 0 Å². The second kappa shape index (κ2) is 5.30. The Morgan fingerprint density at radius 3 is 2.63 bits per heavy atom. The molecule has 1 saturated heterocycles. The summed E-state index contributed by atoms with van der Waals surface area (Å²) in [5, 5.41) is 2.67. The third kappa shape index (κ3) is 3.24. The summed E-state index contributed by atoms with van der Waals surface area (Å²) >= 11 is 0. The number of ether oxygens (including phenoxy) is 1. The topological polar surface area (TPSA) is 58.6 Å². The summed E-state index contributed by atoms with van der Waals surface area (Å²) < 4.78 is 5.53. The predicted octanol–water partition coefficient (Wildman–Crippen LogP) is 0.802. The van der Waals surface area contributed by atoms with Crippen molar-refractivity contribution < 1.29 is 14.3 Å². The number of nitrogens with one attached hydrogen (secondary N) is 1. The van der Waals surface area contributed by atoms with Gasteiger partial charge < -0.3 is 15.0 Å². The monoisotopic (exact) mass is 262 g/mol. The van der Waals surface area contributed by atoms with E-state index in [0.29, 0.717) is 13.2 Å². The van der Waals surface area contributed by atoms with E-state index in [-0.39, 0.29) is 18.4 Å². The summed E-state index contributed by atoms with van der Waals surface area (Å²) in [6, 6.07) is 9.40. The van der Waals surface area contributed by atoms with Crippen LogP contribution in [0.1, 0.15) is 13.8 Å². The van der Waals surface area contributed by atoms with Crippen molar-refractivity contribution >= 4 is 11.8 Å². The molecule has 1 aromatic rings. The second-order valence-corrected chi connectivity index (χ2v) is 5.06. The summed E-state index contributed by atoms with van der Waals surface area (Å²) in [6.45, 7) is 4.29. The molecule has 1 heterocycles. The quantitative estimate of drug-likeness (QED) is 0.873. The van der Waals surface area contributed by atoms with Gasteiger partial charge in [-0.3, -0.25) is 9.59 Å². The fourth-order valence-electron chi connectivity index (χ4n) is 2.05. The van der Waals surface area contributed by atoms with E-state index < -0.39 is 5.54 Å². The van der Waals surface area contributed by atoms with Gasteiger partial charge in [-0.05, 0) is 26.0 Å². The van der Waals surface area contributed by atoms with Crippen LogP contribution < -0.4 is 10.1 Å². The summed E-state index contributed by atoms with van der Waals surface area (Å²) in [6.07, 6.45) is 0. The lowest BCUT2D eigenvalue weighted by Crippen LogP contribution is -2.64. The van der Waals surface area contributed by atoms with E-state index in [1.807, 2.05) is 30.3 Å². The summed E-state index contributed by atoms with van der Waals surface area (Å²) in [5.41, 5.74) is -0.831. The molecule has 102 valence electrons. The Kier molecular flexibility index (Phi) is 3.74. The zero-order valence-corrected chi connectivity index (χ0v) is 11.2. The highest BCUT2D eigenvalue weighted by Gasteiger charge is 2.38. The summed E-state index contributed by atoms with van der Waals surface area (Å²) in [7, 11) is 0. The molecule has 19 heavy (non-hydrogen) atoms. The van der Waals surface area contributed by atoms with E-state index in [1.54, 1.807) is 13.8 Å². The van der Waals surface area contributed by atoms with Crippen molar-refractivity contribution in [3.63, 3.8) is 0 Å². The van der Waals surface area contributed by atoms with Crippen LogP contribution in [0.5, 0.6) is 5.75 Å². The first-order valence-corrected chi connectivity index (χ1v) is 6.27. The van der Waals surface area contributed by atoms with Gasteiger partial charge in [0.1, 0.15) is 17.9 Å². The van der Waals surface area contributed by atoms with Gasteiger partial charge >= 0.3 is 0 Å².